The van der Waals surface area contributed by atoms with Crippen LogP contribution in [0, 0.1) is 20.2 Å². The van der Waals surface area contributed by atoms with Crippen LogP contribution in [-0.4, -0.2) is 17.2 Å². The van der Waals surface area contributed by atoms with Gasteiger partial charge in [0, 0.05) is 77.2 Å². The Kier molecular flexibility index (Phi) is 25.5. The highest BCUT2D eigenvalue weighted by Crippen LogP contribution is 2.40. The summed E-state index contributed by atoms with van der Waals surface area (Å²) in [6, 6.07) is 56.0. The van der Waals surface area contributed by atoms with Crippen molar-refractivity contribution in [2.45, 2.75) is 144 Å². The first kappa shape index (κ1) is 61.0. The summed E-state index contributed by atoms with van der Waals surface area (Å²) in [5.74, 6) is 1.36. The van der Waals surface area contributed by atoms with Crippen molar-refractivity contribution < 1.29 is 33.0 Å². The predicted molar refractivity (Wildman–Crippen MR) is 314 cm³/mol. The van der Waals surface area contributed by atoms with Gasteiger partial charge in [0.15, 0.2) is 0 Å². The summed E-state index contributed by atoms with van der Waals surface area (Å²) < 4.78 is 22.5. The average molecular weight is 1120 g/mol. The quantitative estimate of drug-likeness (QED) is 0.0245. The number of hydrogen-bond acceptors (Lipinski definition) is 10. The number of aryl methyl sites for hydroxylation is 4. The van der Waals surface area contributed by atoms with E-state index in [2.05, 4.69) is 137 Å². The van der Waals surface area contributed by atoms with Crippen molar-refractivity contribution in [1.29, 1.82) is 0 Å². The molecule has 0 fully saturated rings. The van der Waals surface area contributed by atoms with Gasteiger partial charge in [0.25, 0.3) is 11.4 Å². The second kappa shape index (κ2) is 32.6. The molecule has 0 aliphatic carbocycles. The van der Waals surface area contributed by atoms with Gasteiger partial charge in [-0.2, -0.15) is 8.83 Å². The minimum Gasteiger partial charge on any atom is -0.867 e. The maximum absolute atomic E-state index is 11.1. The van der Waals surface area contributed by atoms with E-state index in [1.807, 2.05) is 12.1 Å². The first-order chi connectivity index (χ1) is 37.8. The van der Waals surface area contributed by atoms with Gasteiger partial charge in [-0.1, -0.05) is 125 Å². The van der Waals surface area contributed by atoms with Crippen LogP contribution in [0.2, 0.25) is 0 Å². The molecular formula is C62H64BFN2O8S4. The van der Waals surface area contributed by atoms with Crippen molar-refractivity contribution >= 4 is 65.8 Å². The maximum Gasteiger partial charge on any atom is 0.393 e. The molecule has 0 aliphatic heterocycles. The lowest BCUT2D eigenvalue weighted by atomic mass is 10.1. The minimum absolute atomic E-state index is 0.0650. The second-order valence-electron chi connectivity index (χ2n) is 18.2. The minimum atomic E-state index is -3.17. The molecule has 6 aromatic carbocycles. The summed E-state index contributed by atoms with van der Waals surface area (Å²) in [4.78, 5) is 28.1. The van der Waals surface area contributed by atoms with Crippen molar-refractivity contribution in [3.63, 3.8) is 0 Å². The highest BCUT2D eigenvalue weighted by Gasteiger charge is 2.23. The van der Waals surface area contributed by atoms with Gasteiger partial charge in [0.05, 0.1) is 45.2 Å². The molecule has 0 amide bonds. The van der Waals surface area contributed by atoms with Crippen molar-refractivity contribution in [2.24, 2.45) is 0 Å². The largest absolute Gasteiger partial charge is 0.867 e. The fraction of sp³-hybridized carbons (Fsp3) is 0.258. The van der Waals surface area contributed by atoms with Crippen LogP contribution in [0.25, 0.3) is 22.6 Å². The van der Waals surface area contributed by atoms with Crippen LogP contribution in [0.15, 0.2) is 218 Å². The molecule has 2 aromatic heterocycles. The Balaban J connectivity index is 0.000000236. The molecule has 2 heterocycles. The van der Waals surface area contributed by atoms with Gasteiger partial charge in [0.1, 0.15) is 7.40 Å². The van der Waals surface area contributed by atoms with Crippen molar-refractivity contribution in [1.82, 2.24) is 0 Å². The molecular weight excluding hydrogens is 1060 g/mol. The Bertz CT molecular complexity index is 2750. The fourth-order valence-electron chi connectivity index (χ4n) is 7.83. The van der Waals surface area contributed by atoms with Crippen molar-refractivity contribution in [2.75, 3.05) is 0 Å². The number of halogens is 1. The van der Waals surface area contributed by atoms with Gasteiger partial charge < -0.3 is 14.4 Å². The first-order valence-electron chi connectivity index (χ1n) is 26.3. The number of unbranched alkanes of at least 4 members (excludes halogenated alkanes) is 4. The van der Waals surface area contributed by atoms with Gasteiger partial charge in [-0.15, -0.1) is 0 Å². The Labute approximate surface area is 475 Å². The zero-order valence-electron chi connectivity index (χ0n) is 44.4. The van der Waals surface area contributed by atoms with E-state index in [0.717, 1.165) is 76.4 Å². The lowest BCUT2D eigenvalue weighted by molar-refractivity contribution is -0.385. The van der Waals surface area contributed by atoms with Gasteiger partial charge in [-0.3, -0.25) is 20.2 Å². The van der Waals surface area contributed by atoms with Gasteiger partial charge in [-0.05, 0) is 146 Å². The van der Waals surface area contributed by atoms with Crippen LogP contribution in [0.5, 0.6) is 0 Å². The van der Waals surface area contributed by atoms with Crippen LogP contribution in [0.3, 0.4) is 0 Å². The number of non-ortho nitro benzene ring substituents is 2. The third-order valence-corrected chi connectivity index (χ3v) is 15.9. The third kappa shape index (κ3) is 20.8. The molecule has 0 bridgehead atoms. The van der Waals surface area contributed by atoms with E-state index in [4.69, 9.17) is 18.9 Å². The molecule has 0 N–H and O–H groups in total. The zero-order valence-corrected chi connectivity index (χ0v) is 47.7. The van der Waals surface area contributed by atoms with E-state index >= 15 is 0 Å². The van der Waals surface area contributed by atoms with E-state index in [0.29, 0.717) is 11.5 Å². The molecule has 0 aliphatic rings. The number of nitro groups is 2. The Morgan fingerprint density at radius 2 is 0.654 bits per heavy atom. The molecule has 0 atom stereocenters. The summed E-state index contributed by atoms with van der Waals surface area (Å²) >= 11 is 6.55. The maximum atomic E-state index is 11.1. The van der Waals surface area contributed by atoms with E-state index in [1.165, 1.54) is 97.9 Å². The lowest BCUT2D eigenvalue weighted by Gasteiger charge is -2.09. The first-order valence-corrected chi connectivity index (χ1v) is 29.6. The number of hydrogen-bond donors (Lipinski definition) is 0. The summed E-state index contributed by atoms with van der Waals surface area (Å²) in [5, 5.41) is 40.4. The predicted octanol–water partition coefficient (Wildman–Crippen LogP) is 17.9. The van der Waals surface area contributed by atoms with E-state index in [1.54, 1.807) is 71.3 Å². The molecule has 0 radical (unpaired) electrons. The van der Waals surface area contributed by atoms with Gasteiger partial charge in [0.2, 0.25) is 0 Å². The van der Waals surface area contributed by atoms with Crippen LogP contribution in [-0.2, 0) is 25.7 Å². The number of nitrogens with zero attached hydrogens (tertiary/aromatic N) is 2. The van der Waals surface area contributed by atoms with E-state index in [-0.39, 0.29) is 21.2 Å². The Hall–Kier alpha value is -6.27. The highest BCUT2D eigenvalue weighted by atomic mass is 32.2. The van der Waals surface area contributed by atoms with Crippen molar-refractivity contribution in [3.8, 4) is 22.6 Å². The third-order valence-electron chi connectivity index (χ3n) is 12.1. The Morgan fingerprint density at radius 1 is 0.397 bits per heavy atom. The molecule has 0 saturated heterocycles. The summed E-state index contributed by atoms with van der Waals surface area (Å²) in [6.45, 7) is 8.84. The monoisotopic (exact) mass is 1120 g/mol. The number of rotatable bonds is 24. The summed E-state index contributed by atoms with van der Waals surface area (Å²) in [7, 11) is -3.17. The molecule has 0 spiro atoms. The molecule has 8 rings (SSSR count). The molecule has 78 heavy (non-hydrogen) atoms. The van der Waals surface area contributed by atoms with E-state index < -0.39 is 7.40 Å². The van der Waals surface area contributed by atoms with E-state index in [9.17, 15) is 24.5 Å². The average Bonchev–Trinajstić information content (AvgIpc) is 3.45. The normalized spacial score (nSPS) is 10.8. The molecule has 8 aromatic rings. The van der Waals surface area contributed by atoms with Crippen LogP contribution >= 0.6 is 47.0 Å². The summed E-state index contributed by atoms with van der Waals surface area (Å²) in [6.07, 6.45) is 13.9. The highest BCUT2D eigenvalue weighted by molar-refractivity contribution is 8.00. The van der Waals surface area contributed by atoms with Gasteiger partial charge >= 0.3 is 21.7 Å². The SMILES string of the molecule is CCCCc1ccc(Sc2cc(Sc3ccc(CCCC)cc3)[o+]c(-c3ccc([N+](=O)[O-])cc3)c2)cc1.CCCCc1ccc(Sc2cc(Sc3ccc(CCCC)cc3)[o+]c(-c3ccc([N+](=O)[O-])cc3)c2)cc1.[O-]B([O-])F. The lowest BCUT2D eigenvalue weighted by Crippen LogP contribution is -2.39. The van der Waals surface area contributed by atoms with Gasteiger partial charge in [-0.25, -0.2) is 0 Å². The number of benzene rings is 6. The topological polar surface area (TPSA) is 155 Å². The number of nitro benzene ring substituents is 2. The molecule has 0 unspecified atom stereocenters. The summed E-state index contributed by atoms with van der Waals surface area (Å²) in [5.41, 5.74) is 7.16. The fourth-order valence-corrected chi connectivity index (χ4v) is 11.4. The smallest absolute Gasteiger partial charge is 0.393 e. The standard InChI is InChI=1S/2C31H32NO3S2.BFO2/c2*1-3-5-7-23-9-17-27(18-10-23)36-29-21-30(25-13-15-26(16-14-25)32(33)34)35-31(22-29)37-28-19-11-24(12-20-28)8-6-4-2;2-1(3)4/h2*9-22H,3-8H2,1-2H3;/q2*+1;-2. The molecule has 404 valence electrons. The zero-order chi connectivity index (χ0) is 55.7. The second-order valence-corrected chi connectivity index (χ2v) is 22.7. The van der Waals surface area contributed by atoms with Crippen LogP contribution < -0.4 is 10.0 Å². The molecule has 10 nitrogen and oxygen atoms in total. The molecule has 16 heteroatoms. The molecule has 0 saturated carbocycles. The Morgan fingerprint density at radius 3 is 0.897 bits per heavy atom. The van der Waals surface area contributed by atoms with Crippen LogP contribution in [0.1, 0.15) is 101 Å². The van der Waals surface area contributed by atoms with Crippen molar-refractivity contribution in [3.05, 3.63) is 212 Å². The van der Waals surface area contributed by atoms with Crippen LogP contribution in [0.4, 0.5) is 15.7 Å².